The SMILES string of the molecule is C[C@@H](O)c1ccc(N(C)C2CCCC2)cc1Br. The van der Waals surface area contributed by atoms with Crippen LogP contribution in [0.5, 0.6) is 0 Å². The predicted molar refractivity (Wildman–Crippen MR) is 75.4 cm³/mol. The van der Waals surface area contributed by atoms with Gasteiger partial charge < -0.3 is 10.0 Å². The third-order valence-corrected chi connectivity index (χ3v) is 4.40. The van der Waals surface area contributed by atoms with Crippen LogP contribution in [0, 0.1) is 0 Å². The van der Waals surface area contributed by atoms with Gasteiger partial charge in [-0.3, -0.25) is 0 Å². The van der Waals surface area contributed by atoms with Crippen LogP contribution in [0.15, 0.2) is 22.7 Å². The Morgan fingerprint density at radius 1 is 1.35 bits per heavy atom. The molecule has 94 valence electrons. The molecule has 0 bridgehead atoms. The van der Waals surface area contributed by atoms with Gasteiger partial charge >= 0.3 is 0 Å². The molecule has 0 radical (unpaired) electrons. The number of nitrogens with zero attached hydrogens (tertiary/aromatic N) is 1. The molecule has 1 atom stereocenters. The van der Waals surface area contributed by atoms with Gasteiger partial charge in [0.1, 0.15) is 0 Å². The van der Waals surface area contributed by atoms with Gasteiger partial charge in [-0.1, -0.05) is 34.8 Å². The Morgan fingerprint density at radius 3 is 2.53 bits per heavy atom. The molecule has 0 heterocycles. The molecule has 1 saturated carbocycles. The number of rotatable bonds is 3. The number of hydrogen-bond acceptors (Lipinski definition) is 2. The maximum atomic E-state index is 9.60. The van der Waals surface area contributed by atoms with Crippen molar-refractivity contribution in [2.24, 2.45) is 0 Å². The second-order valence-electron chi connectivity index (χ2n) is 4.93. The van der Waals surface area contributed by atoms with E-state index in [0.717, 1.165) is 10.0 Å². The first kappa shape index (κ1) is 12.9. The second kappa shape index (κ2) is 5.40. The van der Waals surface area contributed by atoms with E-state index >= 15 is 0 Å². The van der Waals surface area contributed by atoms with Crippen LogP contribution >= 0.6 is 15.9 Å². The molecule has 0 amide bonds. The summed E-state index contributed by atoms with van der Waals surface area (Å²) >= 11 is 3.54. The molecule has 0 aromatic heterocycles. The van der Waals surface area contributed by atoms with Crippen molar-refractivity contribution >= 4 is 21.6 Å². The van der Waals surface area contributed by atoms with Crippen molar-refractivity contribution in [2.75, 3.05) is 11.9 Å². The number of aliphatic hydroxyl groups excluding tert-OH is 1. The average molecular weight is 298 g/mol. The van der Waals surface area contributed by atoms with E-state index in [1.165, 1.54) is 31.4 Å². The van der Waals surface area contributed by atoms with E-state index in [-0.39, 0.29) is 0 Å². The molecule has 0 spiro atoms. The second-order valence-corrected chi connectivity index (χ2v) is 5.79. The average Bonchev–Trinajstić information content (AvgIpc) is 2.80. The fourth-order valence-electron chi connectivity index (χ4n) is 2.58. The van der Waals surface area contributed by atoms with Crippen molar-refractivity contribution in [3.63, 3.8) is 0 Å². The van der Waals surface area contributed by atoms with Gasteiger partial charge in [-0.25, -0.2) is 0 Å². The van der Waals surface area contributed by atoms with Crippen LogP contribution in [-0.2, 0) is 0 Å². The molecule has 17 heavy (non-hydrogen) atoms. The normalized spacial score (nSPS) is 18.4. The summed E-state index contributed by atoms with van der Waals surface area (Å²) in [5.41, 5.74) is 2.18. The van der Waals surface area contributed by atoms with Gasteiger partial charge in [0, 0.05) is 23.2 Å². The van der Waals surface area contributed by atoms with Crippen molar-refractivity contribution in [3.8, 4) is 0 Å². The summed E-state index contributed by atoms with van der Waals surface area (Å²) in [4.78, 5) is 2.36. The molecule has 1 fully saturated rings. The lowest BCUT2D eigenvalue weighted by molar-refractivity contribution is 0.198. The van der Waals surface area contributed by atoms with Gasteiger partial charge in [-0.15, -0.1) is 0 Å². The lowest BCUT2D eigenvalue weighted by Gasteiger charge is -2.27. The van der Waals surface area contributed by atoms with Crippen LogP contribution in [0.1, 0.15) is 44.3 Å². The van der Waals surface area contributed by atoms with E-state index < -0.39 is 6.10 Å². The summed E-state index contributed by atoms with van der Waals surface area (Å²) in [5.74, 6) is 0. The van der Waals surface area contributed by atoms with E-state index in [0.29, 0.717) is 6.04 Å². The largest absolute Gasteiger partial charge is 0.389 e. The van der Waals surface area contributed by atoms with Crippen LogP contribution in [0.2, 0.25) is 0 Å². The maximum absolute atomic E-state index is 9.60. The number of anilines is 1. The van der Waals surface area contributed by atoms with Crippen molar-refractivity contribution in [1.82, 2.24) is 0 Å². The molecular weight excluding hydrogens is 278 g/mol. The van der Waals surface area contributed by atoms with E-state index in [1.807, 2.05) is 6.07 Å². The van der Waals surface area contributed by atoms with Crippen molar-refractivity contribution in [2.45, 2.75) is 44.8 Å². The molecule has 2 rings (SSSR count). The molecular formula is C14H20BrNO. The molecule has 1 aromatic carbocycles. The number of aliphatic hydroxyl groups is 1. The van der Waals surface area contributed by atoms with Gasteiger partial charge in [0.25, 0.3) is 0 Å². The molecule has 1 aliphatic rings. The number of benzene rings is 1. The Labute approximate surface area is 112 Å². The van der Waals surface area contributed by atoms with E-state index in [2.05, 4.69) is 40.0 Å². The van der Waals surface area contributed by atoms with Gasteiger partial charge in [-0.05, 0) is 37.5 Å². The third-order valence-electron chi connectivity index (χ3n) is 3.71. The van der Waals surface area contributed by atoms with Crippen LogP contribution in [0.4, 0.5) is 5.69 Å². The van der Waals surface area contributed by atoms with Crippen LogP contribution in [-0.4, -0.2) is 18.2 Å². The zero-order valence-electron chi connectivity index (χ0n) is 10.5. The highest BCUT2D eigenvalue weighted by atomic mass is 79.9. The third kappa shape index (κ3) is 2.83. The Hall–Kier alpha value is -0.540. The molecule has 0 saturated heterocycles. The Balaban J connectivity index is 2.18. The van der Waals surface area contributed by atoms with E-state index in [9.17, 15) is 5.11 Å². The molecule has 1 aromatic rings. The first-order valence-corrected chi connectivity index (χ1v) is 7.09. The van der Waals surface area contributed by atoms with Crippen molar-refractivity contribution in [3.05, 3.63) is 28.2 Å². The minimum atomic E-state index is -0.421. The van der Waals surface area contributed by atoms with Gasteiger partial charge in [0.15, 0.2) is 0 Å². The van der Waals surface area contributed by atoms with Gasteiger partial charge in [-0.2, -0.15) is 0 Å². The minimum Gasteiger partial charge on any atom is -0.389 e. The highest BCUT2D eigenvalue weighted by molar-refractivity contribution is 9.10. The zero-order valence-corrected chi connectivity index (χ0v) is 12.1. The molecule has 3 heteroatoms. The fourth-order valence-corrected chi connectivity index (χ4v) is 3.27. The van der Waals surface area contributed by atoms with Crippen LogP contribution in [0.25, 0.3) is 0 Å². The standard InChI is InChI=1S/C14H20BrNO/c1-10(17)13-8-7-12(9-14(13)15)16(2)11-5-3-4-6-11/h7-11,17H,3-6H2,1-2H3/t10-/m1/s1. The Morgan fingerprint density at radius 2 is 2.00 bits per heavy atom. The summed E-state index contributed by atoms with van der Waals surface area (Å²) in [7, 11) is 2.17. The minimum absolute atomic E-state index is 0.421. The highest BCUT2D eigenvalue weighted by Gasteiger charge is 2.20. The molecule has 0 aliphatic heterocycles. The summed E-state index contributed by atoms with van der Waals surface area (Å²) < 4.78 is 0.995. The fraction of sp³-hybridized carbons (Fsp3) is 0.571. The molecule has 1 aliphatic carbocycles. The summed E-state index contributed by atoms with van der Waals surface area (Å²) in [5, 5.41) is 9.60. The topological polar surface area (TPSA) is 23.5 Å². The molecule has 1 N–H and O–H groups in total. The quantitative estimate of drug-likeness (QED) is 0.915. The summed E-state index contributed by atoms with van der Waals surface area (Å²) in [6.07, 6.45) is 4.87. The van der Waals surface area contributed by atoms with Crippen molar-refractivity contribution in [1.29, 1.82) is 0 Å². The maximum Gasteiger partial charge on any atom is 0.0772 e. The van der Waals surface area contributed by atoms with Crippen LogP contribution in [0.3, 0.4) is 0 Å². The smallest absolute Gasteiger partial charge is 0.0772 e. The lowest BCUT2D eigenvalue weighted by atomic mass is 10.1. The Kier molecular flexibility index (Phi) is 4.10. The number of halogens is 1. The lowest BCUT2D eigenvalue weighted by Crippen LogP contribution is -2.28. The zero-order chi connectivity index (χ0) is 12.4. The van der Waals surface area contributed by atoms with Gasteiger partial charge in [0.05, 0.1) is 6.10 Å². The van der Waals surface area contributed by atoms with Gasteiger partial charge in [0.2, 0.25) is 0 Å². The summed E-state index contributed by atoms with van der Waals surface area (Å²) in [6, 6.07) is 6.90. The highest BCUT2D eigenvalue weighted by Crippen LogP contribution is 2.31. The molecule has 0 unspecified atom stereocenters. The van der Waals surface area contributed by atoms with E-state index in [1.54, 1.807) is 6.92 Å². The first-order valence-electron chi connectivity index (χ1n) is 6.30. The van der Waals surface area contributed by atoms with Crippen molar-refractivity contribution < 1.29 is 5.11 Å². The molecule has 2 nitrogen and oxygen atoms in total. The Bertz CT molecular complexity index is 386. The monoisotopic (exact) mass is 297 g/mol. The van der Waals surface area contributed by atoms with E-state index in [4.69, 9.17) is 0 Å². The van der Waals surface area contributed by atoms with Crippen LogP contribution < -0.4 is 4.90 Å². The predicted octanol–water partition coefficient (Wildman–Crippen LogP) is 3.88. The summed E-state index contributed by atoms with van der Waals surface area (Å²) in [6.45, 7) is 1.79. The number of hydrogen-bond donors (Lipinski definition) is 1. The first-order chi connectivity index (χ1) is 8.09.